The van der Waals surface area contributed by atoms with Crippen LogP contribution in [0.25, 0.3) is 0 Å². The minimum Gasteiger partial charge on any atom is -0.493 e. The Morgan fingerprint density at radius 2 is 2.00 bits per heavy atom. The van der Waals surface area contributed by atoms with E-state index in [0.717, 1.165) is 43.5 Å². The van der Waals surface area contributed by atoms with Gasteiger partial charge in [-0.1, -0.05) is 36.4 Å². The van der Waals surface area contributed by atoms with E-state index in [1.54, 1.807) is 13.2 Å². The van der Waals surface area contributed by atoms with Gasteiger partial charge in [0.15, 0.2) is 5.96 Å². The number of aromatic nitrogens is 2. The maximum Gasteiger partial charge on any atom is 0.191 e. The predicted molar refractivity (Wildman–Crippen MR) is 146 cm³/mol. The number of aliphatic imine (C=N–C) groups is 1. The van der Waals surface area contributed by atoms with Crippen molar-refractivity contribution in [2.75, 3.05) is 26.9 Å². The average molecular weight is 575 g/mol. The molecule has 2 aromatic carbocycles. The molecule has 0 spiro atoms. The third-order valence-corrected chi connectivity index (χ3v) is 5.75. The average Bonchev–Trinajstić information content (AvgIpc) is 3.53. The number of halogens is 1. The SMILES string of the molecule is CN=C(NCc1cccc(Cn2cccn2)c1)NCc1ccc(C)cc1OCC1CCOC1.I. The van der Waals surface area contributed by atoms with Gasteiger partial charge in [-0.2, -0.15) is 5.10 Å². The third kappa shape index (κ3) is 7.73. The summed E-state index contributed by atoms with van der Waals surface area (Å²) in [4.78, 5) is 4.38. The molecule has 0 radical (unpaired) electrons. The van der Waals surface area contributed by atoms with E-state index in [2.05, 4.69) is 70.1 Å². The molecule has 3 aromatic rings. The normalized spacial score (nSPS) is 15.6. The van der Waals surface area contributed by atoms with Gasteiger partial charge in [0.1, 0.15) is 5.75 Å². The van der Waals surface area contributed by atoms with E-state index in [0.29, 0.717) is 25.6 Å². The van der Waals surface area contributed by atoms with Gasteiger partial charge in [-0.25, -0.2) is 0 Å². The molecule has 7 nitrogen and oxygen atoms in total. The first-order valence-electron chi connectivity index (χ1n) is 11.5. The molecule has 2 heterocycles. The van der Waals surface area contributed by atoms with E-state index in [9.17, 15) is 0 Å². The van der Waals surface area contributed by atoms with Crippen LogP contribution in [-0.2, 0) is 24.4 Å². The van der Waals surface area contributed by atoms with Crippen molar-refractivity contribution in [1.29, 1.82) is 0 Å². The summed E-state index contributed by atoms with van der Waals surface area (Å²) in [6.07, 6.45) is 4.84. The van der Waals surface area contributed by atoms with Crippen molar-refractivity contribution in [3.63, 3.8) is 0 Å². The van der Waals surface area contributed by atoms with Crippen molar-refractivity contribution in [2.45, 2.75) is 33.0 Å². The number of guanidine groups is 1. The Labute approximate surface area is 219 Å². The van der Waals surface area contributed by atoms with Crippen LogP contribution in [0.3, 0.4) is 0 Å². The summed E-state index contributed by atoms with van der Waals surface area (Å²) in [6.45, 7) is 6.49. The zero-order valence-corrected chi connectivity index (χ0v) is 22.2. The first kappa shape index (κ1) is 26.0. The highest BCUT2D eigenvalue weighted by Gasteiger charge is 2.17. The van der Waals surface area contributed by atoms with Crippen molar-refractivity contribution in [1.82, 2.24) is 20.4 Å². The lowest BCUT2D eigenvalue weighted by Gasteiger charge is -2.17. The van der Waals surface area contributed by atoms with Crippen molar-refractivity contribution in [3.8, 4) is 5.75 Å². The zero-order chi connectivity index (χ0) is 22.9. The second-order valence-corrected chi connectivity index (χ2v) is 8.45. The van der Waals surface area contributed by atoms with Crippen LogP contribution in [0.5, 0.6) is 5.75 Å². The minimum atomic E-state index is 0. The zero-order valence-electron chi connectivity index (χ0n) is 19.9. The quantitative estimate of drug-likeness (QED) is 0.228. The topological polar surface area (TPSA) is 72.7 Å². The van der Waals surface area contributed by atoms with Crippen LogP contribution in [0.4, 0.5) is 0 Å². The molecule has 0 saturated carbocycles. The highest BCUT2D eigenvalue weighted by molar-refractivity contribution is 14.0. The molecule has 34 heavy (non-hydrogen) atoms. The maximum atomic E-state index is 6.17. The molecule has 0 amide bonds. The Morgan fingerprint density at radius 1 is 1.15 bits per heavy atom. The van der Waals surface area contributed by atoms with Crippen LogP contribution in [0.1, 0.15) is 28.7 Å². The van der Waals surface area contributed by atoms with Crippen LogP contribution >= 0.6 is 24.0 Å². The predicted octanol–water partition coefficient (Wildman–Crippen LogP) is 4.14. The van der Waals surface area contributed by atoms with Crippen molar-refractivity contribution in [3.05, 3.63) is 83.2 Å². The highest BCUT2D eigenvalue weighted by atomic mass is 127. The Balaban J connectivity index is 0.00000324. The third-order valence-electron chi connectivity index (χ3n) is 5.75. The van der Waals surface area contributed by atoms with Crippen LogP contribution in [-0.4, -0.2) is 42.6 Å². The second-order valence-electron chi connectivity index (χ2n) is 8.45. The number of aryl methyl sites for hydroxylation is 1. The lowest BCUT2D eigenvalue weighted by atomic mass is 10.1. The number of hydrogen-bond donors (Lipinski definition) is 2. The summed E-state index contributed by atoms with van der Waals surface area (Å²) in [6, 6.07) is 16.8. The molecule has 0 bridgehead atoms. The summed E-state index contributed by atoms with van der Waals surface area (Å²) in [5, 5.41) is 11.1. The van der Waals surface area contributed by atoms with Crippen molar-refractivity contribution >= 4 is 29.9 Å². The summed E-state index contributed by atoms with van der Waals surface area (Å²) >= 11 is 0. The summed E-state index contributed by atoms with van der Waals surface area (Å²) in [5.41, 5.74) is 4.72. The van der Waals surface area contributed by atoms with Gasteiger partial charge in [-0.3, -0.25) is 9.67 Å². The fourth-order valence-electron chi connectivity index (χ4n) is 3.87. The van der Waals surface area contributed by atoms with Crippen molar-refractivity contribution in [2.24, 2.45) is 10.9 Å². The molecule has 4 rings (SSSR count). The van der Waals surface area contributed by atoms with E-state index < -0.39 is 0 Å². The number of nitrogens with zero attached hydrogens (tertiary/aromatic N) is 3. The van der Waals surface area contributed by atoms with E-state index in [4.69, 9.17) is 9.47 Å². The molecule has 0 aliphatic carbocycles. The Morgan fingerprint density at radius 3 is 2.76 bits per heavy atom. The Bertz CT molecular complexity index is 1050. The van der Waals surface area contributed by atoms with Crippen LogP contribution in [0.2, 0.25) is 0 Å². The maximum absolute atomic E-state index is 6.17. The van der Waals surface area contributed by atoms with E-state index in [1.807, 2.05) is 16.9 Å². The number of rotatable bonds is 9. The van der Waals surface area contributed by atoms with Gasteiger partial charge >= 0.3 is 0 Å². The molecule has 1 atom stereocenters. The van der Waals surface area contributed by atoms with Gasteiger partial charge in [0, 0.05) is 50.6 Å². The summed E-state index contributed by atoms with van der Waals surface area (Å²) in [7, 11) is 1.79. The lowest BCUT2D eigenvalue weighted by molar-refractivity contribution is 0.166. The molecule has 1 aliphatic heterocycles. The largest absolute Gasteiger partial charge is 0.493 e. The van der Waals surface area contributed by atoms with E-state index in [1.165, 1.54) is 16.7 Å². The smallest absolute Gasteiger partial charge is 0.191 e. The van der Waals surface area contributed by atoms with Crippen LogP contribution in [0, 0.1) is 12.8 Å². The van der Waals surface area contributed by atoms with E-state index >= 15 is 0 Å². The molecule has 8 heteroatoms. The van der Waals surface area contributed by atoms with Crippen molar-refractivity contribution < 1.29 is 9.47 Å². The fraction of sp³-hybridized carbons (Fsp3) is 0.385. The molecule has 1 aliphatic rings. The number of ether oxygens (including phenoxy) is 2. The van der Waals surface area contributed by atoms with Crippen LogP contribution in [0.15, 0.2) is 65.9 Å². The number of nitrogens with one attached hydrogen (secondary N) is 2. The molecule has 1 saturated heterocycles. The van der Waals surface area contributed by atoms with Gasteiger partial charge in [-0.15, -0.1) is 24.0 Å². The molecule has 2 N–H and O–H groups in total. The first-order valence-corrected chi connectivity index (χ1v) is 11.5. The van der Waals surface area contributed by atoms with Crippen LogP contribution < -0.4 is 15.4 Å². The second kappa shape index (κ2) is 13.3. The molecule has 1 unspecified atom stereocenters. The van der Waals surface area contributed by atoms with Gasteiger partial charge in [0.2, 0.25) is 0 Å². The Hall–Kier alpha value is -2.59. The minimum absolute atomic E-state index is 0. The van der Waals surface area contributed by atoms with Gasteiger partial charge in [-0.05, 0) is 42.2 Å². The summed E-state index contributed by atoms with van der Waals surface area (Å²) in [5.74, 6) is 2.16. The first-order chi connectivity index (χ1) is 16.2. The molecule has 1 aromatic heterocycles. The fourth-order valence-corrected chi connectivity index (χ4v) is 3.87. The van der Waals surface area contributed by atoms with Gasteiger partial charge < -0.3 is 20.1 Å². The van der Waals surface area contributed by atoms with Gasteiger partial charge in [0.05, 0.1) is 19.8 Å². The molecule has 1 fully saturated rings. The molecular weight excluding hydrogens is 541 g/mol. The molecule has 182 valence electrons. The van der Waals surface area contributed by atoms with Gasteiger partial charge in [0.25, 0.3) is 0 Å². The standard InChI is InChI=1S/C26H33N5O2.HI/c1-20-7-8-24(25(13-20)33-19-23-9-12-32-18-23)16-29-26(27-2)28-15-21-5-3-6-22(14-21)17-31-11-4-10-30-31;/h3-8,10-11,13-14,23H,9,12,15-19H2,1-2H3,(H2,27,28,29);1H. The lowest BCUT2D eigenvalue weighted by Crippen LogP contribution is -2.36. The molecular formula is C26H34IN5O2. The Kier molecular flexibility index (Phi) is 10.2. The number of benzene rings is 2. The summed E-state index contributed by atoms with van der Waals surface area (Å²) < 4.78 is 13.6. The highest BCUT2D eigenvalue weighted by Crippen LogP contribution is 2.22. The number of hydrogen-bond acceptors (Lipinski definition) is 4. The van der Waals surface area contributed by atoms with E-state index in [-0.39, 0.29) is 24.0 Å². The monoisotopic (exact) mass is 575 g/mol.